The summed E-state index contributed by atoms with van der Waals surface area (Å²) in [6.07, 6.45) is 9.08. The molecule has 2 nitrogen and oxygen atoms in total. The van der Waals surface area contributed by atoms with E-state index in [-0.39, 0.29) is 0 Å². The quantitative estimate of drug-likeness (QED) is 0.141. The minimum atomic E-state index is 1.04. The van der Waals surface area contributed by atoms with Crippen molar-refractivity contribution in [3.63, 3.8) is 0 Å². The molecule has 11 aromatic rings. The van der Waals surface area contributed by atoms with Crippen LogP contribution in [0.15, 0.2) is 255 Å². The van der Waals surface area contributed by atoms with Gasteiger partial charge in [0.1, 0.15) is 0 Å². The van der Waals surface area contributed by atoms with E-state index in [0.29, 0.717) is 0 Å². The first-order chi connectivity index (χ1) is 32.7. The van der Waals surface area contributed by atoms with Gasteiger partial charge in [0.05, 0.1) is 11.0 Å². The van der Waals surface area contributed by atoms with Gasteiger partial charge in [-0.15, -0.1) is 0 Å². The molecular weight excluding hydrogens is 797 g/mol. The topological polar surface area (TPSA) is 8.17 Å². The van der Waals surface area contributed by atoms with Crippen molar-refractivity contribution in [1.29, 1.82) is 0 Å². The monoisotopic (exact) mass is 842 g/mol. The summed E-state index contributed by atoms with van der Waals surface area (Å²) in [6.45, 7) is 0. The molecule has 0 fully saturated rings. The van der Waals surface area contributed by atoms with Crippen LogP contribution in [0, 0.1) is 0 Å². The molecule has 1 heterocycles. The summed E-state index contributed by atoms with van der Waals surface area (Å²) in [4.78, 5) is 2.45. The molecule has 0 amide bonds. The Morgan fingerprint density at radius 1 is 0.364 bits per heavy atom. The lowest BCUT2D eigenvalue weighted by Gasteiger charge is -2.28. The Hall–Kier alpha value is -8.46. The van der Waals surface area contributed by atoms with E-state index in [0.717, 1.165) is 35.6 Å². The number of anilines is 3. The molecule has 1 aliphatic rings. The van der Waals surface area contributed by atoms with E-state index in [4.69, 9.17) is 0 Å². The predicted molar refractivity (Wildman–Crippen MR) is 281 cm³/mol. The van der Waals surface area contributed by atoms with Crippen molar-refractivity contribution in [3.05, 3.63) is 260 Å². The van der Waals surface area contributed by atoms with Gasteiger partial charge in [-0.3, -0.25) is 0 Å². The number of para-hydroxylation sites is 2. The number of allylic oxidation sites excluding steroid dienone is 4. The van der Waals surface area contributed by atoms with Crippen LogP contribution in [-0.4, -0.2) is 4.57 Å². The smallest absolute Gasteiger partial charge is 0.0553 e. The number of aromatic nitrogens is 1. The van der Waals surface area contributed by atoms with Gasteiger partial charge in [-0.05, 0) is 146 Å². The SMILES string of the molecule is C1=CC(c2cc(-c3ccccc3)cc(N(c3ccc(-c4ccccc4-c4ccccc4)cc3)c3cccc(-c4c5ccccc5cc5c4c4ccccc4n5-c4ccccc4)c3)c2)=CCC1. The molecule has 1 aliphatic carbocycles. The Morgan fingerprint density at radius 2 is 0.970 bits per heavy atom. The molecule has 0 saturated heterocycles. The molecule has 1 aromatic heterocycles. The van der Waals surface area contributed by atoms with Crippen molar-refractivity contribution in [3.8, 4) is 50.2 Å². The van der Waals surface area contributed by atoms with E-state index in [1.165, 1.54) is 88.2 Å². The van der Waals surface area contributed by atoms with Crippen LogP contribution >= 0.6 is 0 Å². The van der Waals surface area contributed by atoms with Crippen LogP contribution in [0.1, 0.15) is 18.4 Å². The molecule has 0 N–H and O–H groups in total. The first-order valence-corrected chi connectivity index (χ1v) is 23.0. The Bertz CT molecular complexity index is 3620. The van der Waals surface area contributed by atoms with Gasteiger partial charge in [-0.1, -0.05) is 188 Å². The second kappa shape index (κ2) is 16.9. The third-order valence-electron chi connectivity index (χ3n) is 13.2. The maximum Gasteiger partial charge on any atom is 0.0553 e. The van der Waals surface area contributed by atoms with Gasteiger partial charge in [0.25, 0.3) is 0 Å². The number of benzene rings is 10. The highest BCUT2D eigenvalue weighted by molar-refractivity contribution is 6.23. The number of rotatable bonds is 9. The maximum absolute atomic E-state index is 2.45. The van der Waals surface area contributed by atoms with Gasteiger partial charge in [0.15, 0.2) is 0 Å². The van der Waals surface area contributed by atoms with E-state index < -0.39 is 0 Å². The van der Waals surface area contributed by atoms with Crippen LogP contribution in [-0.2, 0) is 0 Å². The summed E-state index contributed by atoms with van der Waals surface area (Å²) in [5, 5.41) is 4.93. The van der Waals surface area contributed by atoms with Crippen LogP contribution < -0.4 is 4.90 Å². The van der Waals surface area contributed by atoms with Gasteiger partial charge in [-0.25, -0.2) is 0 Å². The highest BCUT2D eigenvalue weighted by Crippen LogP contribution is 2.46. The fraction of sp³-hybridized carbons (Fsp3) is 0.0312. The molecule has 0 saturated carbocycles. The molecule has 0 unspecified atom stereocenters. The molecule has 10 aromatic carbocycles. The summed E-state index contributed by atoms with van der Waals surface area (Å²) in [5.74, 6) is 0. The minimum Gasteiger partial charge on any atom is -0.310 e. The average molecular weight is 843 g/mol. The van der Waals surface area contributed by atoms with Crippen molar-refractivity contribution < 1.29 is 0 Å². The van der Waals surface area contributed by atoms with Crippen LogP contribution in [0.4, 0.5) is 17.1 Å². The standard InChI is InChI=1S/C64H46N2/c1-5-20-45(21-6-1)51-40-52(46-22-7-2-8-23-46)43-56(42-51)65(54-38-36-48(37-39-54)58-32-16-15-31-57(58)47-24-9-3-10-25-47)55-30-19-27-50(41-55)63-59-33-14-13-26-49(59)44-62-64(63)60-34-17-18-35-61(60)66(62)53-28-11-4-12-29-53/h1,3-7,9-44H,2,8H2. The van der Waals surface area contributed by atoms with Gasteiger partial charge >= 0.3 is 0 Å². The lowest BCUT2D eigenvalue weighted by Crippen LogP contribution is -2.11. The largest absolute Gasteiger partial charge is 0.310 e. The van der Waals surface area contributed by atoms with E-state index >= 15 is 0 Å². The van der Waals surface area contributed by atoms with Gasteiger partial charge in [0.2, 0.25) is 0 Å². The molecule has 2 heteroatoms. The summed E-state index contributed by atoms with van der Waals surface area (Å²) in [5.41, 5.74) is 18.9. The summed E-state index contributed by atoms with van der Waals surface area (Å²) in [6, 6.07) is 86.6. The molecule has 12 rings (SSSR count). The molecule has 0 spiro atoms. The molecule has 0 radical (unpaired) electrons. The van der Waals surface area contributed by atoms with Crippen molar-refractivity contribution in [2.45, 2.75) is 12.8 Å². The Labute approximate surface area is 386 Å². The molecule has 0 bridgehead atoms. The first-order valence-electron chi connectivity index (χ1n) is 23.0. The van der Waals surface area contributed by atoms with Crippen LogP contribution in [0.5, 0.6) is 0 Å². The molecule has 0 aliphatic heterocycles. The summed E-state index contributed by atoms with van der Waals surface area (Å²) in [7, 11) is 0. The highest BCUT2D eigenvalue weighted by Gasteiger charge is 2.22. The third-order valence-corrected chi connectivity index (χ3v) is 13.2. The fourth-order valence-corrected chi connectivity index (χ4v) is 10.1. The maximum atomic E-state index is 2.45. The third kappa shape index (κ3) is 7.10. The van der Waals surface area contributed by atoms with Crippen LogP contribution in [0.2, 0.25) is 0 Å². The molecular formula is C64H46N2. The first kappa shape index (κ1) is 39.2. The van der Waals surface area contributed by atoms with Gasteiger partial charge in [0, 0.05) is 33.5 Å². The highest BCUT2D eigenvalue weighted by atomic mass is 15.1. The van der Waals surface area contributed by atoms with Crippen molar-refractivity contribution >= 4 is 55.2 Å². The summed E-state index contributed by atoms with van der Waals surface area (Å²) < 4.78 is 2.43. The molecule has 312 valence electrons. The zero-order chi connectivity index (χ0) is 43.8. The van der Waals surface area contributed by atoms with Crippen molar-refractivity contribution in [2.24, 2.45) is 0 Å². The van der Waals surface area contributed by atoms with Crippen molar-refractivity contribution in [2.75, 3.05) is 4.90 Å². The Balaban J connectivity index is 1.09. The van der Waals surface area contributed by atoms with E-state index in [9.17, 15) is 0 Å². The predicted octanol–water partition coefficient (Wildman–Crippen LogP) is 17.8. The number of hydrogen-bond acceptors (Lipinski definition) is 1. The zero-order valence-electron chi connectivity index (χ0n) is 36.6. The zero-order valence-corrected chi connectivity index (χ0v) is 36.6. The number of hydrogen-bond donors (Lipinski definition) is 0. The van der Waals surface area contributed by atoms with E-state index in [1.807, 2.05) is 0 Å². The summed E-state index contributed by atoms with van der Waals surface area (Å²) >= 11 is 0. The second-order valence-electron chi connectivity index (χ2n) is 17.2. The van der Waals surface area contributed by atoms with Gasteiger partial charge in [-0.2, -0.15) is 0 Å². The lowest BCUT2D eigenvalue weighted by atomic mass is 9.92. The number of fused-ring (bicyclic) bond motifs is 4. The fourth-order valence-electron chi connectivity index (χ4n) is 10.1. The second-order valence-corrected chi connectivity index (χ2v) is 17.2. The van der Waals surface area contributed by atoms with Crippen LogP contribution in [0.3, 0.4) is 0 Å². The normalized spacial score (nSPS) is 12.5. The Morgan fingerprint density at radius 3 is 1.71 bits per heavy atom. The average Bonchev–Trinajstić information content (AvgIpc) is 3.73. The minimum absolute atomic E-state index is 1.04. The molecule has 0 atom stereocenters. The lowest BCUT2D eigenvalue weighted by molar-refractivity contribution is 1.04. The molecule has 66 heavy (non-hydrogen) atoms. The van der Waals surface area contributed by atoms with Gasteiger partial charge < -0.3 is 9.47 Å². The van der Waals surface area contributed by atoms with E-state index in [2.05, 4.69) is 264 Å². The van der Waals surface area contributed by atoms with Crippen molar-refractivity contribution in [1.82, 2.24) is 4.57 Å². The van der Waals surface area contributed by atoms with E-state index in [1.54, 1.807) is 0 Å². The number of nitrogens with zero attached hydrogens (tertiary/aromatic N) is 2. The Kier molecular flexibility index (Phi) is 10.0. The van der Waals surface area contributed by atoms with Crippen LogP contribution in [0.25, 0.3) is 88.3 Å².